The number of rotatable bonds is 5. The van der Waals surface area contributed by atoms with Crippen molar-refractivity contribution < 1.29 is 10.2 Å². The van der Waals surface area contributed by atoms with E-state index in [4.69, 9.17) is 0 Å². The molecule has 0 fully saturated rings. The van der Waals surface area contributed by atoms with Gasteiger partial charge in [0.05, 0.1) is 24.5 Å². The van der Waals surface area contributed by atoms with Crippen molar-refractivity contribution in [3.8, 4) is 17.0 Å². The molecule has 0 saturated heterocycles. The highest BCUT2D eigenvalue weighted by molar-refractivity contribution is 5.64. The van der Waals surface area contributed by atoms with Gasteiger partial charge in [0.25, 0.3) is 0 Å². The third-order valence-electron chi connectivity index (χ3n) is 3.59. The number of anilines is 1. The topological polar surface area (TPSA) is 82.7 Å². The van der Waals surface area contributed by atoms with Crippen LogP contribution in [0.5, 0.6) is 5.75 Å². The summed E-state index contributed by atoms with van der Waals surface area (Å²) in [7, 11) is 0. The highest BCUT2D eigenvalue weighted by atomic mass is 16.3. The maximum atomic E-state index is 9.39. The van der Waals surface area contributed by atoms with Gasteiger partial charge in [-0.15, -0.1) is 5.10 Å². The van der Waals surface area contributed by atoms with Crippen LogP contribution in [0.15, 0.2) is 42.6 Å². The number of aromatic hydroxyl groups is 1. The summed E-state index contributed by atoms with van der Waals surface area (Å²) < 4.78 is 1.75. The third kappa shape index (κ3) is 2.73. The molecule has 2 aromatic heterocycles. The number of phenolic OH excluding ortho intramolecular Hbond substituents is 1. The van der Waals surface area contributed by atoms with Crippen molar-refractivity contribution in [1.82, 2.24) is 14.6 Å². The molecule has 3 N–H and O–H groups in total. The standard InChI is InChI=1S/C16H18N4O2/c1-2-12(10-21)18-15-7-8-16-17-9-14(20(16)19-15)11-3-5-13(22)6-4-11/h3-9,12,21-22H,2,10H2,1H3,(H,18,19). The summed E-state index contributed by atoms with van der Waals surface area (Å²) in [5.74, 6) is 0.910. The van der Waals surface area contributed by atoms with E-state index in [1.807, 2.05) is 31.2 Å². The first kappa shape index (κ1) is 14.3. The highest BCUT2D eigenvalue weighted by Gasteiger charge is 2.10. The van der Waals surface area contributed by atoms with Crippen LogP contribution in [0.3, 0.4) is 0 Å². The lowest BCUT2D eigenvalue weighted by Crippen LogP contribution is -2.23. The molecule has 0 aliphatic heterocycles. The summed E-state index contributed by atoms with van der Waals surface area (Å²) in [6.45, 7) is 2.07. The molecule has 114 valence electrons. The second kappa shape index (κ2) is 6.03. The van der Waals surface area contributed by atoms with Crippen molar-refractivity contribution in [2.24, 2.45) is 0 Å². The molecular formula is C16H18N4O2. The monoisotopic (exact) mass is 298 g/mol. The van der Waals surface area contributed by atoms with Gasteiger partial charge in [-0.1, -0.05) is 6.92 Å². The molecule has 0 bridgehead atoms. The molecule has 0 aliphatic rings. The van der Waals surface area contributed by atoms with Crippen LogP contribution >= 0.6 is 0 Å². The molecule has 0 aliphatic carbocycles. The molecule has 1 atom stereocenters. The van der Waals surface area contributed by atoms with Gasteiger partial charge in [0.15, 0.2) is 5.65 Å². The number of fused-ring (bicyclic) bond motifs is 1. The average Bonchev–Trinajstić information content (AvgIpc) is 2.96. The summed E-state index contributed by atoms with van der Waals surface area (Å²) >= 11 is 0. The van der Waals surface area contributed by atoms with Crippen molar-refractivity contribution in [3.05, 3.63) is 42.6 Å². The van der Waals surface area contributed by atoms with Crippen LogP contribution in [0.1, 0.15) is 13.3 Å². The molecular weight excluding hydrogens is 280 g/mol. The second-order valence-corrected chi connectivity index (χ2v) is 5.11. The minimum atomic E-state index is -0.0226. The Morgan fingerprint density at radius 3 is 2.64 bits per heavy atom. The summed E-state index contributed by atoms with van der Waals surface area (Å²) in [4.78, 5) is 4.34. The summed E-state index contributed by atoms with van der Waals surface area (Å²) in [5, 5.41) is 26.4. The van der Waals surface area contributed by atoms with Gasteiger partial charge in [-0.2, -0.15) is 0 Å². The fourth-order valence-corrected chi connectivity index (χ4v) is 2.27. The molecule has 3 aromatic rings. The maximum Gasteiger partial charge on any atom is 0.154 e. The zero-order valence-electron chi connectivity index (χ0n) is 12.3. The minimum Gasteiger partial charge on any atom is -0.508 e. The smallest absolute Gasteiger partial charge is 0.154 e. The van der Waals surface area contributed by atoms with E-state index in [0.29, 0.717) is 5.82 Å². The Labute approximate surface area is 128 Å². The molecule has 6 heteroatoms. The fraction of sp³-hybridized carbons (Fsp3) is 0.250. The van der Waals surface area contributed by atoms with Crippen LogP contribution in [0, 0.1) is 0 Å². The average molecular weight is 298 g/mol. The molecule has 22 heavy (non-hydrogen) atoms. The van der Waals surface area contributed by atoms with E-state index >= 15 is 0 Å². The van der Waals surface area contributed by atoms with Crippen LogP contribution in [0.25, 0.3) is 16.9 Å². The zero-order chi connectivity index (χ0) is 15.5. The molecule has 0 spiro atoms. The van der Waals surface area contributed by atoms with Gasteiger partial charge in [0, 0.05) is 5.56 Å². The number of benzene rings is 1. The largest absolute Gasteiger partial charge is 0.508 e. The molecule has 1 aromatic carbocycles. The number of aliphatic hydroxyl groups excluding tert-OH is 1. The van der Waals surface area contributed by atoms with Crippen LogP contribution in [-0.2, 0) is 0 Å². The Kier molecular flexibility index (Phi) is 3.93. The normalized spacial score (nSPS) is 12.5. The minimum absolute atomic E-state index is 0.0226. The van der Waals surface area contributed by atoms with Crippen LogP contribution in [0.2, 0.25) is 0 Å². The van der Waals surface area contributed by atoms with E-state index in [2.05, 4.69) is 15.4 Å². The summed E-state index contributed by atoms with van der Waals surface area (Å²) in [5.41, 5.74) is 2.51. The number of nitrogens with one attached hydrogen (secondary N) is 1. The predicted octanol–water partition coefficient (Wildman–Crippen LogP) is 2.28. The van der Waals surface area contributed by atoms with Crippen molar-refractivity contribution in [2.75, 3.05) is 11.9 Å². The van der Waals surface area contributed by atoms with Crippen molar-refractivity contribution in [1.29, 1.82) is 0 Å². The van der Waals surface area contributed by atoms with Gasteiger partial charge in [-0.3, -0.25) is 0 Å². The number of hydrogen-bond donors (Lipinski definition) is 3. The number of hydrogen-bond acceptors (Lipinski definition) is 5. The molecule has 2 heterocycles. The van der Waals surface area contributed by atoms with E-state index in [0.717, 1.165) is 23.3 Å². The Balaban J connectivity index is 2.00. The number of nitrogens with zero attached hydrogens (tertiary/aromatic N) is 3. The Hall–Kier alpha value is -2.60. The maximum absolute atomic E-state index is 9.39. The lowest BCUT2D eigenvalue weighted by atomic mass is 10.2. The highest BCUT2D eigenvalue weighted by Crippen LogP contribution is 2.23. The van der Waals surface area contributed by atoms with Gasteiger partial charge in [0.2, 0.25) is 0 Å². The van der Waals surface area contributed by atoms with E-state index in [-0.39, 0.29) is 18.4 Å². The van der Waals surface area contributed by atoms with Gasteiger partial charge >= 0.3 is 0 Å². The fourth-order valence-electron chi connectivity index (χ4n) is 2.27. The molecule has 0 radical (unpaired) electrons. The summed E-state index contributed by atoms with van der Waals surface area (Å²) in [6, 6.07) is 10.6. The number of phenols is 1. The van der Waals surface area contributed by atoms with Gasteiger partial charge in [-0.05, 0) is 42.8 Å². The molecule has 0 amide bonds. The Morgan fingerprint density at radius 2 is 1.95 bits per heavy atom. The first-order valence-corrected chi connectivity index (χ1v) is 7.23. The van der Waals surface area contributed by atoms with Crippen molar-refractivity contribution >= 4 is 11.5 Å². The first-order chi connectivity index (χ1) is 10.7. The van der Waals surface area contributed by atoms with Crippen LogP contribution in [0.4, 0.5) is 5.82 Å². The lowest BCUT2D eigenvalue weighted by Gasteiger charge is -2.14. The SMILES string of the molecule is CCC(CO)Nc1ccc2ncc(-c3ccc(O)cc3)n2n1. The lowest BCUT2D eigenvalue weighted by molar-refractivity contribution is 0.271. The molecule has 6 nitrogen and oxygen atoms in total. The number of aromatic nitrogens is 3. The van der Waals surface area contributed by atoms with Gasteiger partial charge in [0.1, 0.15) is 11.6 Å². The first-order valence-electron chi connectivity index (χ1n) is 7.23. The van der Waals surface area contributed by atoms with E-state index in [1.54, 1.807) is 22.8 Å². The second-order valence-electron chi connectivity index (χ2n) is 5.11. The zero-order valence-corrected chi connectivity index (χ0v) is 12.3. The predicted molar refractivity (Wildman–Crippen MR) is 84.9 cm³/mol. The van der Waals surface area contributed by atoms with Gasteiger partial charge < -0.3 is 15.5 Å². The van der Waals surface area contributed by atoms with Gasteiger partial charge in [-0.25, -0.2) is 9.50 Å². The van der Waals surface area contributed by atoms with E-state index in [9.17, 15) is 10.2 Å². The quantitative estimate of drug-likeness (QED) is 0.673. The number of imidazole rings is 1. The number of aliphatic hydroxyl groups is 1. The Bertz CT molecular complexity index is 763. The third-order valence-corrected chi connectivity index (χ3v) is 3.59. The molecule has 0 saturated carbocycles. The summed E-state index contributed by atoms with van der Waals surface area (Å²) in [6.07, 6.45) is 2.56. The van der Waals surface area contributed by atoms with Crippen molar-refractivity contribution in [3.63, 3.8) is 0 Å². The van der Waals surface area contributed by atoms with Crippen LogP contribution in [-0.4, -0.2) is 37.5 Å². The van der Waals surface area contributed by atoms with E-state index < -0.39 is 0 Å². The Morgan fingerprint density at radius 1 is 1.18 bits per heavy atom. The van der Waals surface area contributed by atoms with Crippen molar-refractivity contribution in [2.45, 2.75) is 19.4 Å². The van der Waals surface area contributed by atoms with E-state index in [1.165, 1.54) is 0 Å². The molecule has 1 unspecified atom stereocenters. The van der Waals surface area contributed by atoms with Crippen LogP contribution < -0.4 is 5.32 Å². The molecule has 3 rings (SSSR count).